The van der Waals surface area contributed by atoms with Crippen molar-refractivity contribution in [2.75, 3.05) is 18.4 Å². The number of halogens is 1. The van der Waals surface area contributed by atoms with Crippen LogP contribution < -0.4 is 5.32 Å². The molecule has 0 spiro atoms. The third-order valence-electron chi connectivity index (χ3n) is 2.97. The van der Waals surface area contributed by atoms with Gasteiger partial charge in [-0.15, -0.1) is 0 Å². The van der Waals surface area contributed by atoms with Gasteiger partial charge in [0, 0.05) is 24.2 Å². The van der Waals surface area contributed by atoms with E-state index in [0.717, 1.165) is 0 Å². The van der Waals surface area contributed by atoms with Gasteiger partial charge in [0.05, 0.1) is 4.92 Å². The minimum atomic E-state index is -0.563. The van der Waals surface area contributed by atoms with Gasteiger partial charge < -0.3 is 10.2 Å². The lowest BCUT2D eigenvalue weighted by Gasteiger charge is -2.24. The van der Waals surface area contributed by atoms with Crippen molar-refractivity contribution in [3.8, 4) is 0 Å². The number of likely N-dealkylation sites (N-methyl/N-ethyl adjacent to an activating group) is 1. The van der Waals surface area contributed by atoms with E-state index in [4.69, 9.17) is 11.6 Å². The summed E-state index contributed by atoms with van der Waals surface area (Å²) >= 11 is 5.84. The van der Waals surface area contributed by atoms with Crippen molar-refractivity contribution in [2.45, 2.75) is 26.8 Å². The zero-order valence-electron chi connectivity index (χ0n) is 11.7. The largest absolute Gasteiger partial charge is 0.368 e. The van der Waals surface area contributed by atoms with E-state index >= 15 is 0 Å². The molecule has 0 fully saturated rings. The lowest BCUT2D eigenvalue weighted by Crippen LogP contribution is -2.41. The number of nitro groups is 1. The van der Waals surface area contributed by atoms with Gasteiger partial charge in [-0.05, 0) is 32.9 Å². The molecule has 1 amide bonds. The number of amides is 1. The van der Waals surface area contributed by atoms with Crippen molar-refractivity contribution in [2.24, 2.45) is 0 Å². The number of rotatable bonds is 6. The molecule has 1 rings (SSSR count). The Morgan fingerprint density at radius 2 is 2.05 bits per heavy atom. The van der Waals surface area contributed by atoms with Gasteiger partial charge in [0.15, 0.2) is 0 Å². The lowest BCUT2D eigenvalue weighted by molar-refractivity contribution is -0.384. The number of anilines is 1. The summed E-state index contributed by atoms with van der Waals surface area (Å²) in [6.07, 6.45) is 0. The summed E-state index contributed by atoms with van der Waals surface area (Å²) in [5.74, 6) is -0.107. The molecule has 0 bridgehead atoms. The van der Waals surface area contributed by atoms with Crippen molar-refractivity contribution in [1.82, 2.24) is 4.90 Å². The molecule has 0 radical (unpaired) electrons. The molecule has 20 heavy (non-hydrogen) atoms. The summed E-state index contributed by atoms with van der Waals surface area (Å²) in [5.41, 5.74) is 0.143. The fourth-order valence-corrected chi connectivity index (χ4v) is 2.06. The van der Waals surface area contributed by atoms with Crippen molar-refractivity contribution in [1.29, 1.82) is 0 Å². The second-order valence-corrected chi connectivity index (χ2v) is 4.73. The Hall–Kier alpha value is -1.82. The molecule has 1 aromatic rings. The van der Waals surface area contributed by atoms with Crippen LogP contribution in [-0.2, 0) is 4.79 Å². The summed E-state index contributed by atoms with van der Waals surface area (Å²) in [7, 11) is 0. The van der Waals surface area contributed by atoms with Gasteiger partial charge in [-0.1, -0.05) is 11.6 Å². The van der Waals surface area contributed by atoms with Crippen LogP contribution in [0.4, 0.5) is 11.4 Å². The molecule has 0 aliphatic carbocycles. The van der Waals surface area contributed by atoms with Gasteiger partial charge in [-0.25, -0.2) is 0 Å². The maximum Gasteiger partial charge on any atom is 0.292 e. The van der Waals surface area contributed by atoms with Gasteiger partial charge in [-0.3, -0.25) is 14.9 Å². The summed E-state index contributed by atoms with van der Waals surface area (Å²) in [4.78, 5) is 24.2. The number of carbonyl (C=O) groups is 1. The summed E-state index contributed by atoms with van der Waals surface area (Å²) in [6, 6.07) is 3.65. The highest BCUT2D eigenvalue weighted by atomic mass is 35.5. The van der Waals surface area contributed by atoms with Crippen LogP contribution in [0, 0.1) is 10.1 Å². The molecule has 110 valence electrons. The fraction of sp³-hybridized carbons (Fsp3) is 0.462. The first-order valence-electron chi connectivity index (χ1n) is 6.39. The summed E-state index contributed by atoms with van der Waals surface area (Å²) in [5, 5.41) is 14.2. The Morgan fingerprint density at radius 1 is 1.45 bits per heavy atom. The number of hydrogen-bond acceptors (Lipinski definition) is 4. The van der Waals surface area contributed by atoms with Gasteiger partial charge in [0.2, 0.25) is 5.91 Å². The SMILES string of the molecule is CCN(CC)C(=O)C(C)Nc1cc(Cl)ccc1[N+](=O)[O-]. The van der Waals surface area contributed by atoms with Gasteiger partial charge in [0.1, 0.15) is 11.7 Å². The molecule has 1 aromatic carbocycles. The Labute approximate surface area is 122 Å². The van der Waals surface area contributed by atoms with E-state index in [2.05, 4.69) is 5.32 Å². The Bertz CT molecular complexity index is 504. The van der Waals surface area contributed by atoms with E-state index in [9.17, 15) is 14.9 Å². The molecule has 1 unspecified atom stereocenters. The lowest BCUT2D eigenvalue weighted by atomic mass is 10.2. The first kappa shape index (κ1) is 16.2. The van der Waals surface area contributed by atoms with Crippen molar-refractivity contribution in [3.63, 3.8) is 0 Å². The third kappa shape index (κ3) is 3.84. The first-order valence-corrected chi connectivity index (χ1v) is 6.77. The standard InChI is InChI=1S/C13H18ClN3O3/c1-4-16(5-2)13(18)9(3)15-11-8-10(14)6-7-12(11)17(19)20/h6-9,15H,4-5H2,1-3H3. The topological polar surface area (TPSA) is 75.5 Å². The molecule has 0 saturated heterocycles. The molecule has 0 heterocycles. The quantitative estimate of drug-likeness (QED) is 0.647. The van der Waals surface area contributed by atoms with E-state index in [1.807, 2.05) is 13.8 Å². The summed E-state index contributed by atoms with van der Waals surface area (Å²) < 4.78 is 0. The van der Waals surface area contributed by atoms with E-state index in [1.165, 1.54) is 18.2 Å². The van der Waals surface area contributed by atoms with Crippen LogP contribution in [0.2, 0.25) is 5.02 Å². The summed E-state index contributed by atoms with van der Waals surface area (Å²) in [6.45, 7) is 6.63. The Balaban J connectivity index is 2.95. The molecular weight excluding hydrogens is 282 g/mol. The zero-order chi connectivity index (χ0) is 15.3. The maximum atomic E-state index is 12.1. The zero-order valence-corrected chi connectivity index (χ0v) is 12.5. The Morgan fingerprint density at radius 3 is 2.55 bits per heavy atom. The highest BCUT2D eigenvalue weighted by Gasteiger charge is 2.22. The molecule has 0 aliphatic heterocycles. The molecule has 1 N–H and O–H groups in total. The highest BCUT2D eigenvalue weighted by Crippen LogP contribution is 2.28. The van der Waals surface area contributed by atoms with E-state index < -0.39 is 11.0 Å². The maximum absolute atomic E-state index is 12.1. The second kappa shape index (κ2) is 7.09. The molecule has 0 saturated carbocycles. The van der Waals surface area contributed by atoms with Crippen LogP contribution >= 0.6 is 11.6 Å². The van der Waals surface area contributed by atoms with Crippen molar-refractivity contribution in [3.05, 3.63) is 33.3 Å². The molecular formula is C13H18ClN3O3. The molecule has 0 aliphatic rings. The van der Waals surface area contributed by atoms with Crippen molar-refractivity contribution < 1.29 is 9.72 Å². The van der Waals surface area contributed by atoms with Crippen LogP contribution in [0.25, 0.3) is 0 Å². The van der Waals surface area contributed by atoms with E-state index in [-0.39, 0.29) is 17.3 Å². The van der Waals surface area contributed by atoms with Gasteiger partial charge in [-0.2, -0.15) is 0 Å². The van der Waals surface area contributed by atoms with Gasteiger partial charge in [0.25, 0.3) is 5.69 Å². The molecule has 1 atom stereocenters. The van der Waals surface area contributed by atoms with Crippen LogP contribution in [0.3, 0.4) is 0 Å². The second-order valence-electron chi connectivity index (χ2n) is 4.30. The van der Waals surface area contributed by atoms with Crippen LogP contribution in [-0.4, -0.2) is 34.9 Å². The molecule has 6 nitrogen and oxygen atoms in total. The first-order chi connectivity index (χ1) is 9.40. The van der Waals surface area contributed by atoms with Crippen molar-refractivity contribution >= 4 is 28.9 Å². The average Bonchev–Trinajstić information content (AvgIpc) is 2.39. The smallest absolute Gasteiger partial charge is 0.292 e. The van der Waals surface area contributed by atoms with Crippen LogP contribution in [0.5, 0.6) is 0 Å². The number of nitrogens with one attached hydrogen (secondary N) is 1. The molecule has 7 heteroatoms. The molecule has 0 aromatic heterocycles. The van der Waals surface area contributed by atoms with Gasteiger partial charge >= 0.3 is 0 Å². The number of carbonyl (C=O) groups excluding carboxylic acids is 1. The number of benzene rings is 1. The minimum Gasteiger partial charge on any atom is -0.368 e. The van der Waals surface area contributed by atoms with Crippen LogP contribution in [0.1, 0.15) is 20.8 Å². The number of nitrogens with zero attached hydrogens (tertiary/aromatic N) is 2. The average molecular weight is 300 g/mol. The highest BCUT2D eigenvalue weighted by molar-refractivity contribution is 6.31. The number of nitro benzene ring substituents is 1. The third-order valence-corrected chi connectivity index (χ3v) is 3.21. The normalized spacial score (nSPS) is 11.8. The Kier molecular flexibility index (Phi) is 5.76. The number of hydrogen-bond donors (Lipinski definition) is 1. The minimum absolute atomic E-state index is 0.103. The van der Waals surface area contributed by atoms with E-state index in [1.54, 1.807) is 11.8 Å². The predicted octanol–water partition coefficient (Wildman–Crippen LogP) is 2.92. The fourth-order valence-electron chi connectivity index (χ4n) is 1.89. The van der Waals surface area contributed by atoms with Crippen LogP contribution in [0.15, 0.2) is 18.2 Å². The predicted molar refractivity (Wildman–Crippen MR) is 79.1 cm³/mol. The monoisotopic (exact) mass is 299 g/mol. The van der Waals surface area contributed by atoms with E-state index in [0.29, 0.717) is 18.1 Å².